The van der Waals surface area contributed by atoms with Gasteiger partial charge in [0.25, 0.3) is 0 Å². The highest BCUT2D eigenvalue weighted by atomic mass is 16.2. The highest BCUT2D eigenvalue weighted by Crippen LogP contribution is 2.16. The highest BCUT2D eigenvalue weighted by molar-refractivity contribution is 6.39. The number of amides is 2. The van der Waals surface area contributed by atoms with Crippen LogP contribution in [-0.4, -0.2) is 57.5 Å². The minimum Gasteiger partial charge on any atom is -0.378 e. The molecule has 1 aliphatic heterocycles. The van der Waals surface area contributed by atoms with Crippen LogP contribution >= 0.6 is 0 Å². The molecule has 2 rings (SSSR count). The summed E-state index contributed by atoms with van der Waals surface area (Å²) >= 11 is 0. The standard InChI is InChI=1S/C17H26N4O2/c1-20(2)15-6-4-14(5-7-15)19-17(23)16(22)18-12-13-8-10-21(3)11-9-13/h4-7,13H,8-12H2,1-3H3,(H,18,22)(H,19,23). The van der Waals surface area contributed by atoms with Gasteiger partial charge in [-0.2, -0.15) is 0 Å². The number of carbonyl (C=O) groups excluding carboxylic acids is 2. The Labute approximate surface area is 137 Å². The van der Waals surface area contributed by atoms with Gasteiger partial charge in [0, 0.05) is 32.0 Å². The Morgan fingerprint density at radius 3 is 2.30 bits per heavy atom. The second-order valence-electron chi connectivity index (χ2n) is 6.35. The molecule has 6 heteroatoms. The van der Waals surface area contributed by atoms with E-state index >= 15 is 0 Å². The lowest BCUT2D eigenvalue weighted by atomic mass is 9.97. The van der Waals surface area contributed by atoms with Crippen LogP contribution < -0.4 is 15.5 Å². The van der Waals surface area contributed by atoms with Gasteiger partial charge in [-0.3, -0.25) is 9.59 Å². The first-order valence-electron chi connectivity index (χ1n) is 8.01. The smallest absolute Gasteiger partial charge is 0.313 e. The molecule has 1 saturated heterocycles. The topological polar surface area (TPSA) is 64.7 Å². The summed E-state index contributed by atoms with van der Waals surface area (Å²) in [6, 6.07) is 7.37. The summed E-state index contributed by atoms with van der Waals surface area (Å²) in [5, 5.41) is 5.36. The van der Waals surface area contributed by atoms with Crippen LogP contribution in [0.4, 0.5) is 11.4 Å². The normalized spacial score (nSPS) is 16.0. The molecule has 6 nitrogen and oxygen atoms in total. The van der Waals surface area contributed by atoms with Crippen molar-refractivity contribution in [1.29, 1.82) is 0 Å². The average molecular weight is 318 g/mol. The van der Waals surface area contributed by atoms with Gasteiger partial charge in [-0.15, -0.1) is 0 Å². The molecule has 23 heavy (non-hydrogen) atoms. The lowest BCUT2D eigenvalue weighted by molar-refractivity contribution is -0.136. The predicted molar refractivity (Wildman–Crippen MR) is 92.6 cm³/mol. The molecule has 1 heterocycles. The zero-order valence-electron chi connectivity index (χ0n) is 14.1. The number of nitrogens with zero attached hydrogens (tertiary/aromatic N) is 2. The predicted octanol–water partition coefficient (Wildman–Crippen LogP) is 1.15. The minimum absolute atomic E-state index is 0.460. The van der Waals surface area contributed by atoms with Gasteiger partial charge in [-0.25, -0.2) is 0 Å². The first kappa shape index (κ1) is 17.3. The highest BCUT2D eigenvalue weighted by Gasteiger charge is 2.19. The van der Waals surface area contributed by atoms with E-state index in [1.54, 1.807) is 12.1 Å². The maximum absolute atomic E-state index is 11.9. The number of piperidine rings is 1. The first-order chi connectivity index (χ1) is 11.0. The number of hydrogen-bond acceptors (Lipinski definition) is 4. The third kappa shape index (κ3) is 5.25. The molecule has 0 saturated carbocycles. The zero-order valence-corrected chi connectivity index (χ0v) is 14.1. The quantitative estimate of drug-likeness (QED) is 0.818. The van der Waals surface area contributed by atoms with E-state index in [0.717, 1.165) is 31.6 Å². The van der Waals surface area contributed by atoms with Gasteiger partial charge in [0.2, 0.25) is 0 Å². The van der Waals surface area contributed by atoms with Gasteiger partial charge in [0.05, 0.1) is 0 Å². The van der Waals surface area contributed by atoms with Gasteiger partial charge >= 0.3 is 11.8 Å². The fraction of sp³-hybridized carbons (Fsp3) is 0.529. The molecule has 0 aromatic heterocycles. The number of likely N-dealkylation sites (tertiary alicyclic amines) is 1. The van der Waals surface area contributed by atoms with E-state index in [4.69, 9.17) is 0 Å². The number of nitrogens with one attached hydrogen (secondary N) is 2. The van der Waals surface area contributed by atoms with Crippen molar-refractivity contribution in [2.75, 3.05) is 51.0 Å². The minimum atomic E-state index is -0.615. The summed E-state index contributed by atoms with van der Waals surface area (Å²) < 4.78 is 0. The van der Waals surface area contributed by atoms with Gasteiger partial charge in [-0.1, -0.05) is 0 Å². The van der Waals surface area contributed by atoms with Gasteiger partial charge in [0.1, 0.15) is 0 Å². The largest absolute Gasteiger partial charge is 0.378 e. The van der Waals surface area contributed by atoms with Crippen LogP contribution in [0.1, 0.15) is 12.8 Å². The summed E-state index contributed by atoms with van der Waals surface area (Å²) in [5.41, 5.74) is 1.66. The Balaban J connectivity index is 1.77. The van der Waals surface area contributed by atoms with E-state index in [0.29, 0.717) is 18.2 Å². The van der Waals surface area contributed by atoms with Gasteiger partial charge in [-0.05, 0) is 63.2 Å². The van der Waals surface area contributed by atoms with Crippen molar-refractivity contribution in [2.45, 2.75) is 12.8 Å². The van der Waals surface area contributed by atoms with Crippen LogP contribution in [0.2, 0.25) is 0 Å². The maximum Gasteiger partial charge on any atom is 0.313 e. The number of benzene rings is 1. The van der Waals surface area contributed by atoms with Crippen LogP contribution in [0.25, 0.3) is 0 Å². The molecule has 1 aromatic rings. The molecule has 0 atom stereocenters. The molecular weight excluding hydrogens is 292 g/mol. The fourth-order valence-electron chi connectivity index (χ4n) is 2.61. The molecular formula is C17H26N4O2. The third-order valence-corrected chi connectivity index (χ3v) is 4.24. The molecule has 0 spiro atoms. The van der Waals surface area contributed by atoms with Gasteiger partial charge < -0.3 is 20.4 Å². The molecule has 126 valence electrons. The molecule has 0 radical (unpaired) electrons. The van der Waals surface area contributed by atoms with Crippen LogP contribution in [0, 0.1) is 5.92 Å². The molecule has 1 aliphatic rings. The SMILES string of the molecule is CN1CCC(CNC(=O)C(=O)Nc2ccc(N(C)C)cc2)CC1. The van der Waals surface area contributed by atoms with Crippen molar-refractivity contribution in [2.24, 2.45) is 5.92 Å². The molecule has 2 amide bonds. The number of anilines is 2. The van der Waals surface area contributed by atoms with Crippen molar-refractivity contribution >= 4 is 23.2 Å². The van der Waals surface area contributed by atoms with E-state index < -0.39 is 11.8 Å². The molecule has 2 N–H and O–H groups in total. The Morgan fingerprint density at radius 1 is 1.13 bits per heavy atom. The van der Waals surface area contributed by atoms with Crippen LogP contribution in [0.3, 0.4) is 0 Å². The summed E-state index contributed by atoms with van der Waals surface area (Å²) in [6.45, 7) is 2.66. The summed E-state index contributed by atoms with van der Waals surface area (Å²) in [5.74, 6) is -0.724. The number of hydrogen-bond donors (Lipinski definition) is 2. The Bertz CT molecular complexity index is 534. The second kappa shape index (κ2) is 7.97. The Kier molecular flexibility index (Phi) is 5.98. The van der Waals surface area contributed by atoms with E-state index in [-0.39, 0.29) is 0 Å². The van der Waals surface area contributed by atoms with Crippen LogP contribution in [-0.2, 0) is 9.59 Å². The maximum atomic E-state index is 11.9. The Hall–Kier alpha value is -2.08. The van der Waals surface area contributed by atoms with Crippen molar-refractivity contribution < 1.29 is 9.59 Å². The number of carbonyl (C=O) groups is 2. The number of rotatable bonds is 4. The Morgan fingerprint density at radius 2 is 1.74 bits per heavy atom. The summed E-state index contributed by atoms with van der Waals surface area (Å²) in [6.07, 6.45) is 2.12. The van der Waals surface area contributed by atoms with E-state index in [9.17, 15) is 9.59 Å². The monoisotopic (exact) mass is 318 g/mol. The summed E-state index contributed by atoms with van der Waals surface area (Å²) in [7, 11) is 6.00. The third-order valence-electron chi connectivity index (χ3n) is 4.24. The second-order valence-corrected chi connectivity index (χ2v) is 6.35. The molecule has 0 aliphatic carbocycles. The molecule has 0 unspecified atom stereocenters. The molecule has 1 fully saturated rings. The zero-order chi connectivity index (χ0) is 16.8. The van der Waals surface area contributed by atoms with Crippen molar-refractivity contribution in [3.05, 3.63) is 24.3 Å². The first-order valence-corrected chi connectivity index (χ1v) is 8.01. The van der Waals surface area contributed by atoms with E-state index in [2.05, 4.69) is 22.6 Å². The van der Waals surface area contributed by atoms with Crippen LogP contribution in [0.5, 0.6) is 0 Å². The lowest BCUT2D eigenvalue weighted by Gasteiger charge is -2.28. The van der Waals surface area contributed by atoms with Gasteiger partial charge in [0.15, 0.2) is 0 Å². The van der Waals surface area contributed by atoms with Crippen LogP contribution in [0.15, 0.2) is 24.3 Å². The van der Waals surface area contributed by atoms with Crippen molar-refractivity contribution in [3.8, 4) is 0 Å². The molecule has 0 bridgehead atoms. The lowest BCUT2D eigenvalue weighted by Crippen LogP contribution is -2.41. The average Bonchev–Trinajstić information content (AvgIpc) is 2.54. The van der Waals surface area contributed by atoms with E-state index in [1.807, 2.05) is 31.1 Å². The summed E-state index contributed by atoms with van der Waals surface area (Å²) in [4.78, 5) is 28.1. The van der Waals surface area contributed by atoms with Crippen molar-refractivity contribution in [1.82, 2.24) is 10.2 Å². The van der Waals surface area contributed by atoms with E-state index in [1.165, 1.54) is 0 Å². The van der Waals surface area contributed by atoms with Crippen molar-refractivity contribution in [3.63, 3.8) is 0 Å². The molecule has 1 aromatic carbocycles. The fourth-order valence-corrected chi connectivity index (χ4v) is 2.61.